The van der Waals surface area contributed by atoms with E-state index in [1.165, 1.54) is 0 Å². The fourth-order valence-electron chi connectivity index (χ4n) is 1.58. The van der Waals surface area contributed by atoms with Crippen LogP contribution in [-0.2, 0) is 9.59 Å². The number of nitrogens with two attached hydrogens (primary N) is 1. The van der Waals surface area contributed by atoms with Gasteiger partial charge in [-0.2, -0.15) is 0 Å². The van der Waals surface area contributed by atoms with Crippen molar-refractivity contribution in [2.75, 3.05) is 0 Å². The van der Waals surface area contributed by atoms with Crippen molar-refractivity contribution in [2.24, 2.45) is 11.7 Å². The minimum atomic E-state index is -1.01. The molecule has 5 heteroatoms. The Kier molecular flexibility index (Phi) is 3.34. The molecular formula is C10H18N2O3. The fourth-order valence-corrected chi connectivity index (χ4v) is 1.58. The lowest BCUT2D eigenvalue weighted by atomic mass is 9.77. The molecule has 1 saturated carbocycles. The van der Waals surface area contributed by atoms with Crippen molar-refractivity contribution in [3.63, 3.8) is 0 Å². The third-order valence-corrected chi connectivity index (χ3v) is 2.92. The van der Waals surface area contributed by atoms with Gasteiger partial charge >= 0.3 is 5.97 Å². The molecule has 0 aromatic carbocycles. The van der Waals surface area contributed by atoms with Crippen LogP contribution in [0.2, 0.25) is 0 Å². The summed E-state index contributed by atoms with van der Waals surface area (Å²) in [6.45, 7) is 3.51. The lowest BCUT2D eigenvalue weighted by Gasteiger charge is -2.37. The number of rotatable bonds is 4. The van der Waals surface area contributed by atoms with Crippen molar-refractivity contribution >= 4 is 11.9 Å². The van der Waals surface area contributed by atoms with E-state index in [2.05, 4.69) is 5.32 Å². The normalized spacial score (nSPS) is 20.5. The van der Waals surface area contributed by atoms with Gasteiger partial charge < -0.3 is 16.2 Å². The van der Waals surface area contributed by atoms with E-state index in [0.29, 0.717) is 12.8 Å². The molecule has 1 atom stereocenters. The van der Waals surface area contributed by atoms with Crippen molar-refractivity contribution in [1.29, 1.82) is 0 Å². The molecule has 0 aromatic heterocycles. The first kappa shape index (κ1) is 12.0. The SMILES string of the molecule is CC(C)[C@H](NC(=O)C1(N)CCC1)C(=O)O. The first-order valence-electron chi connectivity index (χ1n) is 5.19. The molecule has 0 heterocycles. The van der Waals surface area contributed by atoms with Crippen molar-refractivity contribution in [2.45, 2.75) is 44.7 Å². The Morgan fingerprint density at radius 3 is 2.20 bits per heavy atom. The zero-order chi connectivity index (χ0) is 11.6. The Labute approximate surface area is 89.0 Å². The summed E-state index contributed by atoms with van der Waals surface area (Å²) in [7, 11) is 0. The van der Waals surface area contributed by atoms with E-state index in [9.17, 15) is 9.59 Å². The summed E-state index contributed by atoms with van der Waals surface area (Å²) in [5, 5.41) is 11.4. The minimum absolute atomic E-state index is 0.143. The number of nitrogens with one attached hydrogen (secondary N) is 1. The lowest BCUT2D eigenvalue weighted by molar-refractivity contribution is -0.144. The van der Waals surface area contributed by atoms with Gasteiger partial charge in [0.2, 0.25) is 5.91 Å². The Hall–Kier alpha value is -1.10. The standard InChI is InChI=1S/C10H18N2O3/c1-6(2)7(8(13)14)12-9(15)10(11)4-3-5-10/h6-7H,3-5,11H2,1-2H3,(H,12,15)(H,13,14)/t7-/m0/s1. The summed E-state index contributed by atoms with van der Waals surface area (Å²) in [6, 6.07) is -0.849. The van der Waals surface area contributed by atoms with Gasteiger partial charge in [-0.25, -0.2) is 4.79 Å². The number of hydrogen-bond donors (Lipinski definition) is 3. The van der Waals surface area contributed by atoms with Crippen LogP contribution in [0.15, 0.2) is 0 Å². The van der Waals surface area contributed by atoms with Crippen LogP contribution in [-0.4, -0.2) is 28.6 Å². The van der Waals surface area contributed by atoms with Gasteiger partial charge in [0.05, 0.1) is 5.54 Å². The van der Waals surface area contributed by atoms with E-state index in [1.54, 1.807) is 13.8 Å². The number of hydrogen-bond acceptors (Lipinski definition) is 3. The van der Waals surface area contributed by atoms with Crippen molar-refractivity contribution in [3.8, 4) is 0 Å². The van der Waals surface area contributed by atoms with Crippen LogP contribution in [0, 0.1) is 5.92 Å². The van der Waals surface area contributed by atoms with Crippen molar-refractivity contribution < 1.29 is 14.7 Å². The van der Waals surface area contributed by atoms with Gasteiger partial charge in [0.25, 0.3) is 0 Å². The third kappa shape index (κ3) is 2.47. The quantitative estimate of drug-likeness (QED) is 0.618. The molecule has 0 spiro atoms. The molecule has 0 bridgehead atoms. The molecule has 0 saturated heterocycles. The smallest absolute Gasteiger partial charge is 0.326 e. The number of carbonyl (C=O) groups excluding carboxylic acids is 1. The van der Waals surface area contributed by atoms with Crippen LogP contribution < -0.4 is 11.1 Å². The molecule has 15 heavy (non-hydrogen) atoms. The number of aliphatic carboxylic acids is 1. The highest BCUT2D eigenvalue weighted by molar-refractivity contribution is 5.90. The summed E-state index contributed by atoms with van der Waals surface area (Å²) in [5.74, 6) is -1.49. The van der Waals surface area contributed by atoms with Gasteiger partial charge in [-0.3, -0.25) is 4.79 Å². The van der Waals surface area contributed by atoms with E-state index in [-0.39, 0.29) is 11.8 Å². The number of carboxylic acids is 1. The molecule has 5 nitrogen and oxygen atoms in total. The highest BCUT2D eigenvalue weighted by Crippen LogP contribution is 2.29. The van der Waals surface area contributed by atoms with Crippen LogP contribution in [0.25, 0.3) is 0 Å². The summed E-state index contributed by atoms with van der Waals surface area (Å²) < 4.78 is 0. The van der Waals surface area contributed by atoms with Crippen LogP contribution in [0.5, 0.6) is 0 Å². The van der Waals surface area contributed by atoms with E-state index in [0.717, 1.165) is 6.42 Å². The van der Waals surface area contributed by atoms with Gasteiger partial charge in [-0.05, 0) is 25.2 Å². The maximum atomic E-state index is 11.7. The highest BCUT2D eigenvalue weighted by atomic mass is 16.4. The summed E-state index contributed by atoms with van der Waals surface area (Å²) >= 11 is 0. The second-order valence-corrected chi connectivity index (χ2v) is 4.54. The average molecular weight is 214 g/mol. The maximum Gasteiger partial charge on any atom is 0.326 e. The zero-order valence-electron chi connectivity index (χ0n) is 9.12. The first-order chi connectivity index (χ1) is 6.87. The number of amides is 1. The van der Waals surface area contributed by atoms with Gasteiger partial charge in [-0.15, -0.1) is 0 Å². The van der Waals surface area contributed by atoms with Crippen LogP contribution >= 0.6 is 0 Å². The molecular weight excluding hydrogens is 196 g/mol. The van der Waals surface area contributed by atoms with E-state index < -0.39 is 17.6 Å². The maximum absolute atomic E-state index is 11.7. The van der Waals surface area contributed by atoms with Crippen LogP contribution in [0.3, 0.4) is 0 Å². The van der Waals surface area contributed by atoms with Crippen LogP contribution in [0.1, 0.15) is 33.1 Å². The Morgan fingerprint density at radius 1 is 1.40 bits per heavy atom. The third-order valence-electron chi connectivity index (χ3n) is 2.92. The largest absolute Gasteiger partial charge is 0.480 e. The highest BCUT2D eigenvalue weighted by Gasteiger charge is 2.41. The molecule has 1 rings (SSSR count). The number of carbonyl (C=O) groups is 2. The zero-order valence-corrected chi connectivity index (χ0v) is 9.12. The molecule has 0 unspecified atom stereocenters. The summed E-state index contributed by atoms with van der Waals surface area (Å²) in [5.41, 5.74) is 4.96. The molecule has 1 amide bonds. The number of carboxylic acid groups (broad SMARTS) is 1. The molecule has 0 radical (unpaired) electrons. The van der Waals surface area contributed by atoms with Gasteiger partial charge in [0.1, 0.15) is 6.04 Å². The van der Waals surface area contributed by atoms with Gasteiger partial charge in [0.15, 0.2) is 0 Å². The Morgan fingerprint density at radius 2 is 1.93 bits per heavy atom. The van der Waals surface area contributed by atoms with Gasteiger partial charge in [0, 0.05) is 0 Å². The van der Waals surface area contributed by atoms with Crippen molar-refractivity contribution in [3.05, 3.63) is 0 Å². The lowest BCUT2D eigenvalue weighted by Crippen LogP contribution is -2.61. The molecule has 1 aliphatic carbocycles. The Balaban J connectivity index is 2.58. The Bertz CT molecular complexity index is 272. The van der Waals surface area contributed by atoms with E-state index >= 15 is 0 Å². The molecule has 0 aromatic rings. The van der Waals surface area contributed by atoms with Gasteiger partial charge in [-0.1, -0.05) is 13.8 Å². The fraction of sp³-hybridized carbons (Fsp3) is 0.800. The average Bonchev–Trinajstić information content (AvgIpc) is 2.08. The second kappa shape index (κ2) is 4.18. The van der Waals surface area contributed by atoms with E-state index in [1.807, 2.05) is 0 Å². The monoisotopic (exact) mass is 214 g/mol. The molecule has 4 N–H and O–H groups in total. The predicted molar refractivity (Wildman–Crippen MR) is 55.2 cm³/mol. The topological polar surface area (TPSA) is 92.4 Å². The van der Waals surface area contributed by atoms with E-state index in [4.69, 9.17) is 10.8 Å². The first-order valence-corrected chi connectivity index (χ1v) is 5.19. The predicted octanol–water partition coefficient (Wildman–Crippen LogP) is 0.0932. The molecule has 1 fully saturated rings. The van der Waals surface area contributed by atoms with Crippen LogP contribution in [0.4, 0.5) is 0 Å². The summed E-state index contributed by atoms with van der Waals surface area (Å²) in [6.07, 6.45) is 2.22. The molecule has 0 aliphatic heterocycles. The minimum Gasteiger partial charge on any atom is -0.480 e. The second-order valence-electron chi connectivity index (χ2n) is 4.54. The molecule has 1 aliphatic rings. The molecule has 86 valence electrons. The van der Waals surface area contributed by atoms with Crippen molar-refractivity contribution in [1.82, 2.24) is 5.32 Å². The summed E-state index contributed by atoms with van der Waals surface area (Å²) in [4.78, 5) is 22.5.